The van der Waals surface area contributed by atoms with Crippen molar-refractivity contribution in [2.45, 2.75) is 38.7 Å². The number of rotatable bonds is 7. The third-order valence-electron chi connectivity index (χ3n) is 1.80. The standard InChI is InChI=1S/C9H14BrF2NO2/c1-2-3-6(4-7(14)5-10)13-9(15)8(11)12/h6,8H,2-5H2,1H3,(H,13,15). The molecule has 1 atom stereocenters. The van der Waals surface area contributed by atoms with Crippen LogP contribution in [-0.2, 0) is 9.59 Å². The van der Waals surface area contributed by atoms with Crippen molar-refractivity contribution in [1.29, 1.82) is 0 Å². The van der Waals surface area contributed by atoms with Gasteiger partial charge in [-0.05, 0) is 6.42 Å². The predicted molar refractivity (Wildman–Crippen MR) is 56.3 cm³/mol. The highest BCUT2D eigenvalue weighted by Gasteiger charge is 2.20. The summed E-state index contributed by atoms with van der Waals surface area (Å²) in [7, 11) is 0. The molecule has 0 fully saturated rings. The van der Waals surface area contributed by atoms with Crippen LogP contribution in [0.2, 0.25) is 0 Å². The van der Waals surface area contributed by atoms with Crippen LogP contribution in [0, 0.1) is 0 Å². The number of alkyl halides is 3. The number of nitrogens with one attached hydrogen (secondary N) is 1. The molecule has 1 N–H and O–H groups in total. The molecule has 15 heavy (non-hydrogen) atoms. The average molecular weight is 286 g/mol. The SMILES string of the molecule is CCCC(CC(=O)CBr)NC(=O)C(F)F. The molecule has 0 aliphatic heterocycles. The van der Waals surface area contributed by atoms with Crippen LogP contribution < -0.4 is 5.32 Å². The second kappa shape index (κ2) is 7.73. The fourth-order valence-corrected chi connectivity index (χ4v) is 1.40. The lowest BCUT2D eigenvalue weighted by Crippen LogP contribution is -2.39. The summed E-state index contributed by atoms with van der Waals surface area (Å²) in [5.74, 6) is -1.42. The number of carbonyl (C=O) groups is 2. The summed E-state index contributed by atoms with van der Waals surface area (Å²) < 4.78 is 23.9. The smallest absolute Gasteiger partial charge is 0.315 e. The summed E-state index contributed by atoms with van der Waals surface area (Å²) in [5.41, 5.74) is 0. The molecule has 6 heteroatoms. The molecule has 0 aliphatic rings. The zero-order chi connectivity index (χ0) is 11.8. The number of hydrogen-bond donors (Lipinski definition) is 1. The van der Waals surface area contributed by atoms with E-state index in [1.807, 2.05) is 6.92 Å². The van der Waals surface area contributed by atoms with Gasteiger partial charge in [-0.2, -0.15) is 8.78 Å². The highest BCUT2D eigenvalue weighted by atomic mass is 79.9. The Morgan fingerprint density at radius 1 is 1.40 bits per heavy atom. The fourth-order valence-electron chi connectivity index (χ4n) is 1.17. The summed E-state index contributed by atoms with van der Waals surface area (Å²) in [4.78, 5) is 21.8. The molecule has 3 nitrogen and oxygen atoms in total. The maximum atomic E-state index is 11.9. The summed E-state index contributed by atoms with van der Waals surface area (Å²) in [6, 6.07) is -0.485. The minimum absolute atomic E-state index is 0.0948. The number of hydrogen-bond acceptors (Lipinski definition) is 2. The molecule has 0 aliphatic carbocycles. The van der Waals surface area contributed by atoms with E-state index < -0.39 is 18.4 Å². The molecular weight excluding hydrogens is 272 g/mol. The molecule has 1 unspecified atom stereocenters. The van der Waals surface area contributed by atoms with Gasteiger partial charge in [0.1, 0.15) is 5.78 Å². The molecular formula is C9H14BrF2NO2. The van der Waals surface area contributed by atoms with Crippen molar-refractivity contribution in [2.75, 3.05) is 5.33 Å². The largest absolute Gasteiger partial charge is 0.348 e. The topological polar surface area (TPSA) is 46.2 Å². The molecule has 0 saturated heterocycles. The molecule has 0 saturated carbocycles. The lowest BCUT2D eigenvalue weighted by molar-refractivity contribution is -0.132. The Bertz CT molecular complexity index is 224. The summed E-state index contributed by atoms with van der Waals surface area (Å²) in [6.45, 7) is 1.86. The third-order valence-corrected chi connectivity index (χ3v) is 2.43. The lowest BCUT2D eigenvalue weighted by Gasteiger charge is -2.16. The van der Waals surface area contributed by atoms with E-state index in [4.69, 9.17) is 0 Å². The maximum Gasteiger partial charge on any atom is 0.315 e. The maximum absolute atomic E-state index is 11.9. The quantitative estimate of drug-likeness (QED) is 0.726. The van der Waals surface area contributed by atoms with Gasteiger partial charge in [-0.1, -0.05) is 29.3 Å². The molecule has 1 amide bonds. The Morgan fingerprint density at radius 2 is 2.00 bits per heavy atom. The molecule has 0 bridgehead atoms. The van der Waals surface area contributed by atoms with Crippen molar-refractivity contribution >= 4 is 27.6 Å². The van der Waals surface area contributed by atoms with Crippen LogP contribution in [0.25, 0.3) is 0 Å². The van der Waals surface area contributed by atoms with Crippen LogP contribution in [0.4, 0.5) is 8.78 Å². The summed E-state index contributed by atoms with van der Waals surface area (Å²) >= 11 is 2.98. The molecule has 0 aromatic heterocycles. The number of Topliss-reactive ketones (excluding diaryl/α,β-unsaturated/α-hetero) is 1. The van der Waals surface area contributed by atoms with E-state index in [-0.39, 0.29) is 17.5 Å². The minimum Gasteiger partial charge on any atom is -0.348 e. The molecule has 0 heterocycles. The highest BCUT2D eigenvalue weighted by Crippen LogP contribution is 2.05. The van der Waals surface area contributed by atoms with E-state index in [1.165, 1.54) is 0 Å². The second-order valence-corrected chi connectivity index (χ2v) is 3.73. The molecule has 0 spiro atoms. The van der Waals surface area contributed by atoms with Crippen molar-refractivity contribution in [3.05, 3.63) is 0 Å². The van der Waals surface area contributed by atoms with E-state index in [1.54, 1.807) is 0 Å². The normalized spacial score (nSPS) is 12.6. The van der Waals surface area contributed by atoms with Gasteiger partial charge >= 0.3 is 6.43 Å². The van der Waals surface area contributed by atoms with Crippen molar-refractivity contribution in [1.82, 2.24) is 5.32 Å². The monoisotopic (exact) mass is 285 g/mol. The predicted octanol–water partition coefficient (Wildman–Crippen LogP) is 1.89. The third kappa shape index (κ3) is 6.54. The van der Waals surface area contributed by atoms with Gasteiger partial charge in [0.05, 0.1) is 5.33 Å². The van der Waals surface area contributed by atoms with Crippen LogP contribution in [-0.4, -0.2) is 29.5 Å². The van der Waals surface area contributed by atoms with Gasteiger partial charge in [-0.25, -0.2) is 0 Å². The van der Waals surface area contributed by atoms with Crippen LogP contribution >= 0.6 is 15.9 Å². The summed E-state index contributed by atoms with van der Waals surface area (Å²) in [5, 5.41) is 2.33. The number of halogens is 3. The van der Waals surface area contributed by atoms with Gasteiger partial charge in [0.15, 0.2) is 0 Å². The second-order valence-electron chi connectivity index (χ2n) is 3.17. The van der Waals surface area contributed by atoms with Crippen LogP contribution in [0.15, 0.2) is 0 Å². The van der Waals surface area contributed by atoms with Crippen molar-refractivity contribution < 1.29 is 18.4 Å². The Labute approximate surface area is 95.7 Å². The Kier molecular flexibility index (Phi) is 7.46. The molecule has 0 aromatic rings. The van der Waals surface area contributed by atoms with Crippen molar-refractivity contribution in [3.63, 3.8) is 0 Å². The molecule has 0 aromatic carbocycles. The molecule has 88 valence electrons. The van der Waals surface area contributed by atoms with Crippen LogP contribution in [0.1, 0.15) is 26.2 Å². The van der Waals surface area contributed by atoms with Crippen LogP contribution in [0.5, 0.6) is 0 Å². The average Bonchev–Trinajstić information content (AvgIpc) is 2.17. The summed E-state index contributed by atoms with van der Waals surface area (Å²) in [6.07, 6.45) is -1.68. The Morgan fingerprint density at radius 3 is 2.40 bits per heavy atom. The number of amides is 1. The highest BCUT2D eigenvalue weighted by molar-refractivity contribution is 9.09. The zero-order valence-electron chi connectivity index (χ0n) is 8.43. The van der Waals surface area contributed by atoms with E-state index in [2.05, 4.69) is 21.2 Å². The van der Waals surface area contributed by atoms with E-state index in [0.29, 0.717) is 6.42 Å². The van der Waals surface area contributed by atoms with Gasteiger partial charge < -0.3 is 5.32 Å². The zero-order valence-corrected chi connectivity index (χ0v) is 10.0. The first-order valence-corrected chi connectivity index (χ1v) is 5.79. The van der Waals surface area contributed by atoms with Crippen LogP contribution in [0.3, 0.4) is 0 Å². The first-order valence-electron chi connectivity index (χ1n) is 4.67. The number of ketones is 1. The van der Waals surface area contributed by atoms with Gasteiger partial charge in [-0.15, -0.1) is 0 Å². The van der Waals surface area contributed by atoms with E-state index in [9.17, 15) is 18.4 Å². The minimum atomic E-state index is -3.02. The van der Waals surface area contributed by atoms with Crippen molar-refractivity contribution in [2.24, 2.45) is 0 Å². The van der Waals surface area contributed by atoms with Gasteiger partial charge in [0, 0.05) is 12.5 Å². The van der Waals surface area contributed by atoms with Gasteiger partial charge in [0.25, 0.3) is 5.91 Å². The molecule has 0 radical (unpaired) electrons. The van der Waals surface area contributed by atoms with Crippen molar-refractivity contribution in [3.8, 4) is 0 Å². The Balaban J connectivity index is 4.14. The Hall–Kier alpha value is -0.520. The van der Waals surface area contributed by atoms with E-state index in [0.717, 1.165) is 6.42 Å². The lowest BCUT2D eigenvalue weighted by atomic mass is 10.1. The fraction of sp³-hybridized carbons (Fsp3) is 0.778. The first-order chi connectivity index (χ1) is 7.01. The van der Waals surface area contributed by atoms with E-state index >= 15 is 0 Å². The van der Waals surface area contributed by atoms with Gasteiger partial charge in [-0.3, -0.25) is 9.59 Å². The first kappa shape index (κ1) is 14.5. The van der Waals surface area contributed by atoms with Gasteiger partial charge in [0.2, 0.25) is 0 Å². The molecule has 0 rings (SSSR count). The number of carbonyl (C=O) groups excluding carboxylic acids is 2.